The van der Waals surface area contributed by atoms with Gasteiger partial charge in [-0.05, 0) is 41.7 Å². The van der Waals surface area contributed by atoms with Crippen molar-refractivity contribution < 1.29 is 18.3 Å². The average molecular weight is 542 g/mol. The van der Waals surface area contributed by atoms with Gasteiger partial charge in [-0.3, -0.25) is 0 Å². The summed E-state index contributed by atoms with van der Waals surface area (Å²) >= 11 is 0. The minimum atomic E-state index is -3.76. The molecule has 5 rings (SSSR count). The molecule has 202 valence electrons. The van der Waals surface area contributed by atoms with Gasteiger partial charge >= 0.3 is 0 Å². The molecule has 0 aliphatic carbocycles. The molecule has 0 saturated carbocycles. The number of β-amino-alcohol motifs (C(OH)–C–C–N with tert-alkyl or cyclic N) is 1. The minimum absolute atomic E-state index is 0.0646. The van der Waals surface area contributed by atoms with Gasteiger partial charge in [0, 0.05) is 19.0 Å². The summed E-state index contributed by atoms with van der Waals surface area (Å²) in [7, 11) is -3.76. The zero-order valence-electron chi connectivity index (χ0n) is 22.4. The Hall–Kier alpha value is -3.29. The topological polar surface area (TPSA) is 66.8 Å². The summed E-state index contributed by atoms with van der Waals surface area (Å²) in [6.07, 6.45) is -0.799. The van der Waals surface area contributed by atoms with Crippen molar-refractivity contribution >= 4 is 10.0 Å². The predicted octanol–water partition coefficient (Wildman–Crippen LogP) is 5.62. The lowest BCUT2D eigenvalue weighted by Crippen LogP contribution is -2.52. The molecule has 0 spiro atoms. The third-order valence-corrected chi connectivity index (χ3v) is 9.74. The van der Waals surface area contributed by atoms with Gasteiger partial charge in [0.2, 0.25) is 10.0 Å². The van der Waals surface area contributed by atoms with Gasteiger partial charge in [-0.15, -0.1) is 0 Å². The molecule has 1 heterocycles. The fraction of sp³-hybridized carbons (Fsp3) is 0.273. The molecule has 1 aliphatic rings. The summed E-state index contributed by atoms with van der Waals surface area (Å²) < 4.78 is 35.5. The van der Waals surface area contributed by atoms with Crippen LogP contribution < -0.4 is 0 Å². The highest BCUT2D eigenvalue weighted by Crippen LogP contribution is 2.41. The number of piperidine rings is 1. The molecule has 0 amide bonds. The van der Waals surface area contributed by atoms with Crippen LogP contribution in [0.25, 0.3) is 0 Å². The molecule has 4 aromatic rings. The number of benzene rings is 4. The maximum atomic E-state index is 13.5. The van der Waals surface area contributed by atoms with Crippen molar-refractivity contribution in [1.82, 2.24) is 4.31 Å². The van der Waals surface area contributed by atoms with Gasteiger partial charge < -0.3 is 9.84 Å². The Labute approximate surface area is 231 Å². The molecular formula is C33H35NO4S. The highest BCUT2D eigenvalue weighted by atomic mass is 32.2. The lowest BCUT2D eigenvalue weighted by Gasteiger charge is -2.42. The first-order chi connectivity index (χ1) is 18.8. The first kappa shape index (κ1) is 27.3. The molecule has 6 heteroatoms. The molecule has 0 aromatic heterocycles. The SMILES string of the molecule is Cc1ccc(S(=O)(=O)N2C[C@H](COC(c3ccccc3)(c3ccccc3)c3ccccc3)[C@@H](C)[C@H](O)C2)cc1. The third-order valence-electron chi connectivity index (χ3n) is 7.89. The van der Waals surface area contributed by atoms with E-state index in [9.17, 15) is 13.5 Å². The quantitative estimate of drug-likeness (QED) is 0.294. The van der Waals surface area contributed by atoms with Crippen LogP contribution in [0.4, 0.5) is 0 Å². The van der Waals surface area contributed by atoms with E-state index in [0.717, 1.165) is 22.3 Å². The van der Waals surface area contributed by atoms with Crippen molar-refractivity contribution in [3.8, 4) is 0 Å². The Bertz CT molecular complexity index is 1360. The number of ether oxygens (including phenoxy) is 1. The molecule has 1 N–H and O–H groups in total. The van der Waals surface area contributed by atoms with E-state index < -0.39 is 21.7 Å². The van der Waals surface area contributed by atoms with E-state index in [4.69, 9.17) is 4.74 Å². The Kier molecular flexibility index (Phi) is 8.01. The summed E-state index contributed by atoms with van der Waals surface area (Å²) in [5.41, 5.74) is 3.03. The number of aliphatic hydroxyl groups excluding tert-OH is 1. The third kappa shape index (κ3) is 5.43. The summed E-state index contributed by atoms with van der Waals surface area (Å²) in [6, 6.07) is 37.2. The molecule has 3 atom stereocenters. The second-order valence-electron chi connectivity index (χ2n) is 10.4. The number of nitrogens with zero attached hydrogens (tertiary/aromatic N) is 1. The molecular weight excluding hydrogens is 506 g/mol. The number of rotatable bonds is 8. The number of hydrogen-bond donors (Lipinski definition) is 1. The second kappa shape index (κ2) is 11.4. The van der Waals surface area contributed by atoms with Gasteiger partial charge in [0.15, 0.2) is 0 Å². The van der Waals surface area contributed by atoms with E-state index in [2.05, 4.69) is 36.4 Å². The highest BCUT2D eigenvalue weighted by molar-refractivity contribution is 7.89. The number of aliphatic hydroxyl groups is 1. The first-order valence-electron chi connectivity index (χ1n) is 13.4. The summed E-state index contributed by atoms with van der Waals surface area (Å²) in [5.74, 6) is -0.362. The van der Waals surface area contributed by atoms with E-state index >= 15 is 0 Å². The zero-order chi connectivity index (χ0) is 27.5. The minimum Gasteiger partial charge on any atom is -0.391 e. The van der Waals surface area contributed by atoms with E-state index in [1.165, 1.54) is 4.31 Å². The normalized spacial score (nSPS) is 20.5. The highest BCUT2D eigenvalue weighted by Gasteiger charge is 2.42. The molecule has 4 aromatic carbocycles. The van der Waals surface area contributed by atoms with E-state index in [0.29, 0.717) is 0 Å². The zero-order valence-corrected chi connectivity index (χ0v) is 23.2. The number of hydrogen-bond acceptors (Lipinski definition) is 4. The number of aryl methyl sites for hydroxylation is 1. The second-order valence-corrected chi connectivity index (χ2v) is 12.3. The van der Waals surface area contributed by atoms with Crippen molar-refractivity contribution in [1.29, 1.82) is 0 Å². The van der Waals surface area contributed by atoms with Crippen LogP contribution in [-0.2, 0) is 20.4 Å². The molecule has 0 radical (unpaired) electrons. The van der Waals surface area contributed by atoms with Crippen molar-refractivity contribution in [2.45, 2.75) is 30.4 Å². The van der Waals surface area contributed by atoms with Crippen LogP contribution in [0, 0.1) is 18.8 Å². The molecule has 1 saturated heterocycles. The van der Waals surface area contributed by atoms with Crippen LogP contribution in [0.2, 0.25) is 0 Å². The summed E-state index contributed by atoms with van der Waals surface area (Å²) in [5, 5.41) is 11.0. The molecule has 0 unspecified atom stereocenters. The van der Waals surface area contributed by atoms with Crippen molar-refractivity contribution in [2.24, 2.45) is 11.8 Å². The van der Waals surface area contributed by atoms with Crippen LogP contribution in [-0.4, -0.2) is 43.6 Å². The average Bonchev–Trinajstić information content (AvgIpc) is 2.97. The van der Waals surface area contributed by atoms with Crippen molar-refractivity contribution in [2.75, 3.05) is 19.7 Å². The Morgan fingerprint density at radius 1 is 0.769 bits per heavy atom. The van der Waals surface area contributed by atoms with Gasteiger partial charge in [-0.2, -0.15) is 4.31 Å². The predicted molar refractivity (Wildman–Crippen MR) is 154 cm³/mol. The molecule has 39 heavy (non-hydrogen) atoms. The Morgan fingerprint density at radius 2 is 1.23 bits per heavy atom. The van der Waals surface area contributed by atoms with Crippen molar-refractivity contribution in [3.05, 3.63) is 138 Å². The fourth-order valence-corrected chi connectivity index (χ4v) is 6.97. The van der Waals surface area contributed by atoms with Crippen LogP contribution in [0.3, 0.4) is 0 Å². The van der Waals surface area contributed by atoms with Crippen LogP contribution >= 0.6 is 0 Å². The molecule has 5 nitrogen and oxygen atoms in total. The molecule has 0 bridgehead atoms. The lowest BCUT2D eigenvalue weighted by atomic mass is 9.79. The van der Waals surface area contributed by atoms with E-state index in [1.54, 1.807) is 24.3 Å². The maximum absolute atomic E-state index is 13.5. The standard InChI is InChI=1S/C33H35NO4S/c1-25-18-20-31(21-19-25)39(36,37)34-22-27(26(2)32(35)23-34)24-38-33(28-12-6-3-7-13-28,29-14-8-4-9-15-29)30-16-10-5-11-17-30/h3-21,26-27,32,35H,22-24H2,1-2H3/t26-,27-,32-/m1/s1. The summed E-state index contributed by atoms with van der Waals surface area (Å²) in [6.45, 7) is 4.49. The first-order valence-corrected chi connectivity index (χ1v) is 14.8. The lowest BCUT2D eigenvalue weighted by molar-refractivity contribution is -0.0566. The van der Waals surface area contributed by atoms with Crippen LogP contribution in [0.5, 0.6) is 0 Å². The van der Waals surface area contributed by atoms with Gasteiger partial charge in [-0.1, -0.05) is 116 Å². The van der Waals surface area contributed by atoms with Gasteiger partial charge in [0.05, 0.1) is 17.6 Å². The Balaban J connectivity index is 1.51. The molecule has 1 fully saturated rings. The number of sulfonamides is 1. The van der Waals surface area contributed by atoms with Crippen molar-refractivity contribution in [3.63, 3.8) is 0 Å². The van der Waals surface area contributed by atoms with Gasteiger partial charge in [0.1, 0.15) is 5.60 Å². The fourth-order valence-electron chi connectivity index (χ4n) is 5.45. The largest absolute Gasteiger partial charge is 0.391 e. The maximum Gasteiger partial charge on any atom is 0.243 e. The van der Waals surface area contributed by atoms with Gasteiger partial charge in [-0.25, -0.2) is 8.42 Å². The van der Waals surface area contributed by atoms with E-state index in [-0.39, 0.29) is 36.4 Å². The molecule has 1 aliphatic heterocycles. The van der Waals surface area contributed by atoms with Gasteiger partial charge in [0.25, 0.3) is 0 Å². The monoisotopic (exact) mass is 541 g/mol. The van der Waals surface area contributed by atoms with Crippen LogP contribution in [0.1, 0.15) is 29.2 Å². The van der Waals surface area contributed by atoms with E-state index in [1.807, 2.05) is 68.4 Å². The summed E-state index contributed by atoms with van der Waals surface area (Å²) in [4.78, 5) is 0.238. The Morgan fingerprint density at radius 3 is 1.69 bits per heavy atom. The van der Waals surface area contributed by atoms with Crippen LogP contribution in [0.15, 0.2) is 120 Å². The smallest absolute Gasteiger partial charge is 0.243 e.